The zero-order valence-electron chi connectivity index (χ0n) is 12.7. The Morgan fingerprint density at radius 3 is 2.32 bits per heavy atom. The van der Waals surface area contributed by atoms with E-state index in [1.54, 1.807) is 19.2 Å². The molecule has 22 heavy (non-hydrogen) atoms. The Bertz CT molecular complexity index is 570. The van der Waals surface area contributed by atoms with Crippen LogP contribution in [0.25, 0.3) is 0 Å². The first-order valence-electron chi connectivity index (χ1n) is 7.24. The fourth-order valence-electron chi connectivity index (χ4n) is 2.44. The van der Waals surface area contributed by atoms with Crippen molar-refractivity contribution in [3.05, 3.63) is 35.6 Å². The van der Waals surface area contributed by atoms with Crippen LogP contribution in [0.5, 0.6) is 0 Å². The van der Waals surface area contributed by atoms with Crippen LogP contribution < -0.4 is 0 Å². The minimum absolute atomic E-state index is 0.0967. The van der Waals surface area contributed by atoms with Gasteiger partial charge in [0.2, 0.25) is 17.7 Å². The van der Waals surface area contributed by atoms with E-state index in [-0.39, 0.29) is 55.4 Å². The first-order chi connectivity index (χ1) is 10.4. The summed E-state index contributed by atoms with van der Waals surface area (Å²) in [7, 11) is 1.66. The highest BCUT2D eigenvalue weighted by Gasteiger charge is 2.29. The topological polar surface area (TPSA) is 57.7 Å². The van der Waals surface area contributed by atoms with E-state index in [4.69, 9.17) is 0 Å². The molecule has 0 aromatic heterocycles. The van der Waals surface area contributed by atoms with E-state index in [0.717, 1.165) is 10.5 Å². The number of halogens is 1. The van der Waals surface area contributed by atoms with E-state index < -0.39 is 0 Å². The summed E-state index contributed by atoms with van der Waals surface area (Å²) in [5.74, 6) is -0.917. The third-order valence-corrected chi connectivity index (χ3v) is 4.03. The summed E-state index contributed by atoms with van der Waals surface area (Å²) >= 11 is 0. The molecule has 6 heteroatoms. The summed E-state index contributed by atoms with van der Waals surface area (Å²) in [5.41, 5.74) is 0.825. The number of nitrogens with zero attached hydrogens (tertiary/aromatic N) is 2. The second kappa shape index (κ2) is 6.68. The lowest BCUT2D eigenvalue weighted by Gasteiger charge is -2.26. The molecule has 1 aliphatic heterocycles. The van der Waals surface area contributed by atoms with Gasteiger partial charge in [-0.05, 0) is 24.6 Å². The van der Waals surface area contributed by atoms with Crippen LogP contribution in [0.2, 0.25) is 0 Å². The van der Waals surface area contributed by atoms with Gasteiger partial charge in [-0.25, -0.2) is 4.39 Å². The molecule has 1 unspecified atom stereocenters. The Labute approximate surface area is 128 Å². The van der Waals surface area contributed by atoms with Crippen molar-refractivity contribution in [1.82, 2.24) is 9.80 Å². The number of hydrogen-bond acceptors (Lipinski definition) is 3. The zero-order chi connectivity index (χ0) is 16.3. The molecule has 1 aromatic rings. The smallest absolute Gasteiger partial charge is 0.229 e. The lowest BCUT2D eigenvalue weighted by Crippen LogP contribution is -2.35. The lowest BCUT2D eigenvalue weighted by atomic mass is 10.1. The molecule has 1 fully saturated rings. The minimum Gasteiger partial charge on any atom is -0.339 e. The van der Waals surface area contributed by atoms with Gasteiger partial charge in [0, 0.05) is 32.9 Å². The number of amides is 3. The van der Waals surface area contributed by atoms with Crippen molar-refractivity contribution in [2.75, 3.05) is 13.6 Å². The van der Waals surface area contributed by atoms with Gasteiger partial charge in [0.05, 0.1) is 6.04 Å². The maximum atomic E-state index is 12.9. The Hall–Kier alpha value is -2.24. The van der Waals surface area contributed by atoms with Gasteiger partial charge in [-0.2, -0.15) is 0 Å². The van der Waals surface area contributed by atoms with Gasteiger partial charge in [-0.1, -0.05) is 12.1 Å². The third kappa shape index (κ3) is 3.50. The predicted molar refractivity (Wildman–Crippen MR) is 78.2 cm³/mol. The molecule has 118 valence electrons. The van der Waals surface area contributed by atoms with Crippen molar-refractivity contribution in [2.45, 2.75) is 32.2 Å². The van der Waals surface area contributed by atoms with Crippen molar-refractivity contribution in [3.63, 3.8) is 0 Å². The van der Waals surface area contributed by atoms with Gasteiger partial charge < -0.3 is 4.90 Å². The first-order valence-corrected chi connectivity index (χ1v) is 7.24. The largest absolute Gasteiger partial charge is 0.339 e. The molecule has 0 saturated carbocycles. The normalized spacial score (nSPS) is 16.0. The monoisotopic (exact) mass is 306 g/mol. The molecule has 1 aromatic carbocycles. The van der Waals surface area contributed by atoms with Gasteiger partial charge in [-0.15, -0.1) is 0 Å². The molecule has 0 radical (unpaired) electrons. The van der Waals surface area contributed by atoms with Crippen LogP contribution >= 0.6 is 0 Å². The Kier molecular flexibility index (Phi) is 4.90. The standard InChI is InChI=1S/C16H19FN2O3/c1-11(12-3-5-13(17)6-4-12)18(2)14(20)9-10-19-15(21)7-8-16(19)22/h3-6,11H,7-10H2,1-2H3. The predicted octanol–water partition coefficient (Wildman–Crippen LogP) is 1.88. The van der Waals surface area contributed by atoms with Gasteiger partial charge in [0.1, 0.15) is 5.82 Å². The van der Waals surface area contributed by atoms with Crippen LogP contribution in [0.15, 0.2) is 24.3 Å². The van der Waals surface area contributed by atoms with Crippen molar-refractivity contribution >= 4 is 17.7 Å². The highest BCUT2D eigenvalue weighted by atomic mass is 19.1. The van der Waals surface area contributed by atoms with E-state index in [0.29, 0.717) is 0 Å². The zero-order valence-corrected chi connectivity index (χ0v) is 12.7. The van der Waals surface area contributed by atoms with Gasteiger partial charge >= 0.3 is 0 Å². The molecule has 5 nitrogen and oxygen atoms in total. The molecule has 1 atom stereocenters. The molecule has 0 aliphatic carbocycles. The Morgan fingerprint density at radius 2 is 1.77 bits per heavy atom. The van der Waals surface area contributed by atoms with Crippen LogP contribution in [0.4, 0.5) is 4.39 Å². The fourth-order valence-corrected chi connectivity index (χ4v) is 2.44. The van der Waals surface area contributed by atoms with Crippen LogP contribution in [0, 0.1) is 5.82 Å². The quantitative estimate of drug-likeness (QED) is 0.781. The maximum Gasteiger partial charge on any atom is 0.229 e. The van der Waals surface area contributed by atoms with Gasteiger partial charge in [-0.3, -0.25) is 19.3 Å². The Morgan fingerprint density at radius 1 is 1.23 bits per heavy atom. The van der Waals surface area contributed by atoms with E-state index in [1.165, 1.54) is 17.0 Å². The number of imide groups is 1. The molecule has 1 heterocycles. The number of hydrogen-bond donors (Lipinski definition) is 0. The molecule has 0 bridgehead atoms. The molecule has 0 N–H and O–H groups in total. The summed E-state index contributed by atoms with van der Waals surface area (Å²) in [4.78, 5) is 37.9. The average molecular weight is 306 g/mol. The number of carbonyl (C=O) groups is 3. The number of benzene rings is 1. The SMILES string of the molecule is CC(c1ccc(F)cc1)N(C)C(=O)CCN1C(=O)CCC1=O. The first kappa shape index (κ1) is 16.1. The summed E-state index contributed by atoms with van der Waals surface area (Å²) in [6.07, 6.45) is 0.559. The van der Waals surface area contributed by atoms with Crippen LogP contribution in [-0.4, -0.2) is 41.1 Å². The minimum atomic E-state index is -0.323. The molecule has 1 aliphatic rings. The molecule has 2 rings (SSSR count). The van der Waals surface area contributed by atoms with Crippen LogP contribution in [0.1, 0.15) is 37.8 Å². The van der Waals surface area contributed by atoms with E-state index >= 15 is 0 Å². The highest BCUT2D eigenvalue weighted by molar-refractivity contribution is 6.02. The Balaban J connectivity index is 1.92. The van der Waals surface area contributed by atoms with Crippen molar-refractivity contribution in [2.24, 2.45) is 0 Å². The summed E-state index contributed by atoms with van der Waals surface area (Å²) in [5, 5.41) is 0. The molecule has 0 spiro atoms. The van der Waals surface area contributed by atoms with E-state index in [1.807, 2.05) is 6.92 Å². The summed E-state index contributed by atoms with van der Waals surface area (Å²) < 4.78 is 12.9. The number of carbonyl (C=O) groups excluding carboxylic acids is 3. The molecular weight excluding hydrogens is 287 g/mol. The average Bonchev–Trinajstić information content (AvgIpc) is 2.83. The van der Waals surface area contributed by atoms with Crippen LogP contribution in [-0.2, 0) is 14.4 Å². The van der Waals surface area contributed by atoms with Crippen molar-refractivity contribution in [3.8, 4) is 0 Å². The third-order valence-electron chi connectivity index (χ3n) is 4.03. The van der Waals surface area contributed by atoms with Gasteiger partial charge in [0.25, 0.3) is 0 Å². The fraction of sp³-hybridized carbons (Fsp3) is 0.438. The lowest BCUT2D eigenvalue weighted by molar-refractivity contribution is -0.139. The second-order valence-electron chi connectivity index (χ2n) is 5.42. The summed E-state index contributed by atoms with van der Waals surface area (Å²) in [6, 6.07) is 5.77. The summed E-state index contributed by atoms with van der Waals surface area (Å²) in [6.45, 7) is 1.97. The number of likely N-dealkylation sites (tertiary alicyclic amines) is 1. The highest BCUT2D eigenvalue weighted by Crippen LogP contribution is 2.20. The molecular formula is C16H19FN2O3. The van der Waals surface area contributed by atoms with Crippen LogP contribution in [0.3, 0.4) is 0 Å². The number of rotatable bonds is 5. The van der Waals surface area contributed by atoms with Crippen molar-refractivity contribution < 1.29 is 18.8 Å². The van der Waals surface area contributed by atoms with E-state index in [9.17, 15) is 18.8 Å². The molecule has 3 amide bonds. The maximum absolute atomic E-state index is 12.9. The second-order valence-corrected chi connectivity index (χ2v) is 5.42. The molecule has 1 saturated heterocycles. The van der Waals surface area contributed by atoms with E-state index in [2.05, 4.69) is 0 Å². The van der Waals surface area contributed by atoms with Gasteiger partial charge in [0.15, 0.2) is 0 Å². The van der Waals surface area contributed by atoms with Crippen molar-refractivity contribution in [1.29, 1.82) is 0 Å².